The molecule has 1 atom stereocenters. The molecule has 1 N–H and O–H groups in total. The molecule has 4 rings (SSSR count). The van der Waals surface area contributed by atoms with Crippen molar-refractivity contribution in [1.29, 1.82) is 0 Å². The summed E-state index contributed by atoms with van der Waals surface area (Å²) >= 11 is 0. The van der Waals surface area contributed by atoms with Gasteiger partial charge in [-0.15, -0.1) is 0 Å². The van der Waals surface area contributed by atoms with Crippen LogP contribution in [0.1, 0.15) is 68.6 Å². The van der Waals surface area contributed by atoms with E-state index in [0.717, 1.165) is 51.4 Å². The van der Waals surface area contributed by atoms with Crippen molar-refractivity contribution in [2.24, 2.45) is 0 Å². The van der Waals surface area contributed by atoms with Crippen molar-refractivity contribution in [3.05, 3.63) is 48.0 Å². The molecular formula is C27H37N3O6S2. The molecule has 1 amide bonds. The summed E-state index contributed by atoms with van der Waals surface area (Å²) in [6.45, 7) is 2.31. The van der Waals surface area contributed by atoms with Crippen LogP contribution in [-0.4, -0.2) is 64.1 Å². The highest BCUT2D eigenvalue weighted by atomic mass is 32.2. The largest absolute Gasteiger partial charge is 0.495 e. The first kappa shape index (κ1) is 28.5. The maximum absolute atomic E-state index is 13.5. The van der Waals surface area contributed by atoms with Gasteiger partial charge in [-0.05, 0) is 75.1 Å². The predicted molar refractivity (Wildman–Crippen MR) is 146 cm³/mol. The normalized spacial score (nSPS) is 19.8. The summed E-state index contributed by atoms with van der Waals surface area (Å²) in [6.07, 6.45) is 7.46. The molecule has 11 heteroatoms. The van der Waals surface area contributed by atoms with E-state index in [0.29, 0.717) is 12.2 Å². The number of nitrogens with zero attached hydrogens (tertiary/aromatic N) is 2. The molecule has 0 aromatic heterocycles. The van der Waals surface area contributed by atoms with Crippen LogP contribution in [-0.2, 0) is 20.0 Å². The van der Waals surface area contributed by atoms with Crippen molar-refractivity contribution in [3.8, 4) is 5.75 Å². The van der Waals surface area contributed by atoms with Crippen molar-refractivity contribution < 1.29 is 26.4 Å². The van der Waals surface area contributed by atoms with Crippen LogP contribution in [0.2, 0.25) is 0 Å². The molecule has 0 unspecified atom stereocenters. The zero-order chi connectivity index (χ0) is 27.5. The Kier molecular flexibility index (Phi) is 8.81. The zero-order valence-corrected chi connectivity index (χ0v) is 23.9. The van der Waals surface area contributed by atoms with Crippen LogP contribution in [0.3, 0.4) is 0 Å². The lowest BCUT2D eigenvalue weighted by Crippen LogP contribution is -2.42. The van der Waals surface area contributed by atoms with Gasteiger partial charge in [-0.3, -0.25) is 4.79 Å². The second-order valence-corrected chi connectivity index (χ2v) is 14.0. The number of piperidine rings is 1. The Balaban J connectivity index is 1.52. The lowest BCUT2D eigenvalue weighted by molar-refractivity contribution is 0.102. The SMILES string of the molecule is COc1ccc(C(=O)Nc2ccc(S(=O)(=O)N(C)C3CCCCC3)cc2)cc1S(=O)(=O)N1CCCC[C@@H]1C. The number of sulfonamides is 2. The topological polar surface area (TPSA) is 113 Å². The summed E-state index contributed by atoms with van der Waals surface area (Å²) in [5.41, 5.74) is 0.557. The van der Waals surface area contributed by atoms with Gasteiger partial charge in [-0.1, -0.05) is 25.7 Å². The van der Waals surface area contributed by atoms with Gasteiger partial charge in [0.15, 0.2) is 0 Å². The second kappa shape index (κ2) is 11.7. The molecule has 0 bridgehead atoms. The first-order chi connectivity index (χ1) is 18.1. The quantitative estimate of drug-likeness (QED) is 0.507. The number of anilines is 1. The molecule has 1 aliphatic carbocycles. The Morgan fingerprint density at radius 1 is 0.947 bits per heavy atom. The molecule has 1 saturated carbocycles. The molecule has 0 radical (unpaired) electrons. The van der Waals surface area contributed by atoms with E-state index in [1.807, 2.05) is 6.92 Å². The number of hydrogen-bond acceptors (Lipinski definition) is 6. The number of carbonyl (C=O) groups excluding carboxylic acids is 1. The maximum Gasteiger partial charge on any atom is 0.255 e. The van der Waals surface area contributed by atoms with Crippen LogP contribution in [0.15, 0.2) is 52.3 Å². The van der Waals surface area contributed by atoms with Crippen molar-refractivity contribution in [1.82, 2.24) is 8.61 Å². The van der Waals surface area contributed by atoms with Crippen LogP contribution in [0.5, 0.6) is 5.75 Å². The molecule has 2 fully saturated rings. The number of ether oxygens (including phenoxy) is 1. The van der Waals surface area contributed by atoms with Crippen LogP contribution in [0.4, 0.5) is 5.69 Å². The average molecular weight is 564 g/mol. The molecule has 2 aromatic rings. The van der Waals surface area contributed by atoms with Crippen molar-refractivity contribution in [2.75, 3.05) is 26.0 Å². The number of carbonyl (C=O) groups is 1. The summed E-state index contributed by atoms with van der Waals surface area (Å²) in [6, 6.07) is 10.2. The van der Waals surface area contributed by atoms with Gasteiger partial charge in [0, 0.05) is 36.9 Å². The predicted octanol–water partition coefficient (Wildman–Crippen LogP) is 4.46. The van der Waals surface area contributed by atoms with E-state index < -0.39 is 26.0 Å². The third-order valence-electron chi connectivity index (χ3n) is 7.63. The Morgan fingerprint density at radius 3 is 2.24 bits per heavy atom. The molecule has 9 nitrogen and oxygen atoms in total. The number of hydrogen-bond donors (Lipinski definition) is 1. The summed E-state index contributed by atoms with van der Waals surface area (Å²) in [5, 5.41) is 2.74. The van der Waals surface area contributed by atoms with Gasteiger partial charge >= 0.3 is 0 Å². The zero-order valence-electron chi connectivity index (χ0n) is 22.2. The van der Waals surface area contributed by atoms with Crippen LogP contribution in [0, 0.1) is 0 Å². The van der Waals surface area contributed by atoms with Crippen LogP contribution >= 0.6 is 0 Å². The smallest absolute Gasteiger partial charge is 0.255 e. The summed E-state index contributed by atoms with van der Waals surface area (Å²) in [5.74, 6) is -0.332. The Labute approximate surface area is 226 Å². The number of amides is 1. The van der Waals surface area contributed by atoms with Gasteiger partial charge in [0.05, 0.1) is 12.0 Å². The fraction of sp³-hybridized carbons (Fsp3) is 0.519. The minimum Gasteiger partial charge on any atom is -0.495 e. The molecule has 208 valence electrons. The van der Waals surface area contributed by atoms with Gasteiger partial charge in [-0.25, -0.2) is 16.8 Å². The number of rotatable bonds is 8. The lowest BCUT2D eigenvalue weighted by Gasteiger charge is -2.32. The molecule has 0 spiro atoms. The highest BCUT2D eigenvalue weighted by Crippen LogP contribution is 2.32. The third kappa shape index (κ3) is 5.90. The van der Waals surface area contributed by atoms with Gasteiger partial charge in [0.2, 0.25) is 20.0 Å². The molecule has 1 aliphatic heterocycles. The minimum atomic E-state index is -3.87. The number of methoxy groups -OCH3 is 1. The Hall–Kier alpha value is -2.47. The fourth-order valence-electron chi connectivity index (χ4n) is 5.30. The Morgan fingerprint density at radius 2 is 1.61 bits per heavy atom. The van der Waals surface area contributed by atoms with Crippen molar-refractivity contribution in [2.45, 2.75) is 80.2 Å². The van der Waals surface area contributed by atoms with E-state index in [1.165, 1.54) is 58.2 Å². The monoisotopic (exact) mass is 563 g/mol. The first-order valence-electron chi connectivity index (χ1n) is 13.1. The van der Waals surface area contributed by atoms with Crippen molar-refractivity contribution in [3.63, 3.8) is 0 Å². The summed E-state index contributed by atoms with van der Waals surface area (Å²) in [7, 11) is -4.49. The van der Waals surface area contributed by atoms with E-state index in [2.05, 4.69) is 5.32 Å². The minimum absolute atomic E-state index is 0.00148. The van der Waals surface area contributed by atoms with Gasteiger partial charge in [0.25, 0.3) is 5.91 Å². The number of benzene rings is 2. The van der Waals surface area contributed by atoms with E-state index in [9.17, 15) is 21.6 Å². The van der Waals surface area contributed by atoms with Crippen LogP contribution in [0.25, 0.3) is 0 Å². The van der Waals surface area contributed by atoms with Gasteiger partial charge < -0.3 is 10.1 Å². The van der Waals surface area contributed by atoms with E-state index in [4.69, 9.17) is 4.74 Å². The van der Waals surface area contributed by atoms with Crippen LogP contribution < -0.4 is 10.1 Å². The van der Waals surface area contributed by atoms with E-state index in [-0.39, 0.29) is 33.2 Å². The average Bonchev–Trinajstić information content (AvgIpc) is 2.93. The molecular weight excluding hydrogens is 526 g/mol. The number of nitrogens with one attached hydrogen (secondary N) is 1. The summed E-state index contributed by atoms with van der Waals surface area (Å²) < 4.78 is 61.4. The highest BCUT2D eigenvalue weighted by Gasteiger charge is 2.34. The van der Waals surface area contributed by atoms with Gasteiger partial charge in [-0.2, -0.15) is 8.61 Å². The van der Waals surface area contributed by atoms with E-state index >= 15 is 0 Å². The van der Waals surface area contributed by atoms with Crippen molar-refractivity contribution >= 4 is 31.6 Å². The molecule has 1 saturated heterocycles. The molecule has 2 aromatic carbocycles. The Bertz CT molecular complexity index is 1350. The van der Waals surface area contributed by atoms with Gasteiger partial charge in [0.1, 0.15) is 10.6 Å². The first-order valence-corrected chi connectivity index (χ1v) is 16.0. The highest BCUT2D eigenvalue weighted by molar-refractivity contribution is 7.89. The standard InChI is InChI=1S/C27H37N3O6S2/c1-20-9-7-8-18-30(20)38(34,35)26-19-21(12-17-25(26)36-3)27(31)28-22-13-15-24(16-14-22)37(32,33)29(2)23-10-5-4-6-11-23/h12-17,19-20,23H,4-11,18H2,1-3H3,(H,28,31)/t20-/m0/s1. The maximum atomic E-state index is 13.5. The lowest BCUT2D eigenvalue weighted by atomic mass is 9.96. The van der Waals surface area contributed by atoms with E-state index in [1.54, 1.807) is 7.05 Å². The fourth-order valence-corrected chi connectivity index (χ4v) is 8.59. The molecule has 38 heavy (non-hydrogen) atoms. The summed E-state index contributed by atoms with van der Waals surface area (Å²) in [4.78, 5) is 13.2. The molecule has 2 aliphatic rings. The molecule has 1 heterocycles. The second-order valence-electron chi connectivity index (χ2n) is 10.1. The third-order valence-corrected chi connectivity index (χ3v) is 11.6.